The Morgan fingerprint density at radius 1 is 1.10 bits per heavy atom. The van der Waals surface area contributed by atoms with E-state index in [0.29, 0.717) is 0 Å². The molecule has 5 heteroatoms. The zero-order valence-electron chi connectivity index (χ0n) is 11.4. The second-order valence-corrected chi connectivity index (χ2v) is 4.59. The number of anilines is 1. The topological polar surface area (TPSA) is 63.1 Å². The first-order valence-electron chi connectivity index (χ1n) is 6.49. The van der Waals surface area contributed by atoms with Crippen LogP contribution < -0.4 is 5.43 Å². The third kappa shape index (κ3) is 2.97. The van der Waals surface area contributed by atoms with Crippen LogP contribution in [0.3, 0.4) is 0 Å². The number of carbonyl (C=O) groups excluding carboxylic acids is 1. The molecule has 2 aromatic carbocycles. The van der Waals surface area contributed by atoms with Crippen LogP contribution in [-0.2, 0) is 9.53 Å². The van der Waals surface area contributed by atoms with Gasteiger partial charge in [0.25, 0.3) is 5.84 Å². The van der Waals surface area contributed by atoms with Gasteiger partial charge in [0.15, 0.2) is 0 Å². The highest BCUT2D eigenvalue weighted by molar-refractivity contribution is 6.43. The maximum atomic E-state index is 11.7. The molecule has 3 rings (SSSR count). The summed E-state index contributed by atoms with van der Waals surface area (Å²) in [5.74, 6) is -0.283. The summed E-state index contributed by atoms with van der Waals surface area (Å²) in [4.78, 5) is 15.8. The Hall–Kier alpha value is -2.95. The van der Waals surface area contributed by atoms with E-state index >= 15 is 0 Å². The van der Waals surface area contributed by atoms with E-state index < -0.39 is 5.97 Å². The number of aryl methyl sites for hydroxylation is 1. The van der Waals surface area contributed by atoms with Crippen LogP contribution in [0.25, 0.3) is 0 Å². The van der Waals surface area contributed by atoms with Gasteiger partial charge in [-0.1, -0.05) is 30.3 Å². The maximum absolute atomic E-state index is 11.7. The molecule has 0 radical (unpaired) electrons. The quantitative estimate of drug-likeness (QED) is 0.694. The number of nitrogens with zero attached hydrogens (tertiary/aromatic N) is 2. The first-order chi connectivity index (χ1) is 10.2. The molecular weight excluding hydrogens is 266 g/mol. The molecule has 0 saturated carbocycles. The Morgan fingerprint density at radius 3 is 2.67 bits per heavy atom. The molecule has 0 aliphatic carbocycles. The van der Waals surface area contributed by atoms with Crippen LogP contribution in [0.4, 0.5) is 5.69 Å². The highest BCUT2D eigenvalue weighted by Crippen LogP contribution is 2.12. The third-order valence-corrected chi connectivity index (χ3v) is 2.91. The third-order valence-electron chi connectivity index (χ3n) is 2.91. The Kier molecular flexibility index (Phi) is 3.47. The second-order valence-electron chi connectivity index (χ2n) is 4.59. The summed E-state index contributed by atoms with van der Waals surface area (Å²) in [5, 5.41) is 4.00. The van der Waals surface area contributed by atoms with Gasteiger partial charge in [-0.15, -0.1) is 5.10 Å². The highest BCUT2D eigenvalue weighted by atomic mass is 16.6. The van der Waals surface area contributed by atoms with Gasteiger partial charge >= 0.3 is 5.97 Å². The number of esters is 1. The van der Waals surface area contributed by atoms with Crippen molar-refractivity contribution in [1.82, 2.24) is 0 Å². The van der Waals surface area contributed by atoms with Crippen molar-refractivity contribution in [2.75, 3.05) is 5.43 Å². The van der Waals surface area contributed by atoms with Gasteiger partial charge in [-0.2, -0.15) is 4.99 Å². The molecule has 0 amide bonds. The molecule has 0 unspecified atom stereocenters. The fourth-order valence-corrected chi connectivity index (χ4v) is 1.91. The lowest BCUT2D eigenvalue weighted by Gasteiger charge is -2.00. The SMILES string of the molecule is Cc1cccc(N/N=C2/N=C(c3ccccc3)OC2=O)c1. The first kappa shape index (κ1) is 13.1. The van der Waals surface area contributed by atoms with E-state index in [1.54, 1.807) is 0 Å². The van der Waals surface area contributed by atoms with E-state index in [1.165, 1.54) is 0 Å². The standard InChI is InChI=1S/C16H13N3O2/c1-11-6-5-9-13(10-11)18-19-14-16(20)21-15(17-14)12-7-3-2-4-8-12/h2-10,18H,1H3/b19-14+. The summed E-state index contributed by atoms with van der Waals surface area (Å²) in [6.45, 7) is 1.98. The molecule has 1 N–H and O–H groups in total. The van der Waals surface area contributed by atoms with Crippen molar-refractivity contribution in [3.8, 4) is 0 Å². The molecule has 2 aromatic rings. The molecule has 1 aliphatic rings. The number of hydrazone groups is 1. The Bertz CT molecular complexity index is 736. The molecular formula is C16H13N3O2. The van der Waals surface area contributed by atoms with E-state index in [0.717, 1.165) is 16.8 Å². The lowest BCUT2D eigenvalue weighted by molar-refractivity contribution is -0.127. The summed E-state index contributed by atoms with van der Waals surface area (Å²) >= 11 is 0. The number of hydrogen-bond acceptors (Lipinski definition) is 4. The molecule has 1 heterocycles. The predicted octanol–water partition coefficient (Wildman–Crippen LogP) is 2.72. The van der Waals surface area contributed by atoms with E-state index in [2.05, 4.69) is 15.5 Å². The van der Waals surface area contributed by atoms with Crippen molar-refractivity contribution in [2.24, 2.45) is 10.1 Å². The smallest absolute Gasteiger partial charge is 0.385 e. The van der Waals surface area contributed by atoms with Gasteiger partial charge in [0.1, 0.15) is 0 Å². The number of amidine groups is 1. The van der Waals surface area contributed by atoms with Gasteiger partial charge in [0, 0.05) is 5.56 Å². The molecule has 0 bridgehead atoms. The lowest BCUT2D eigenvalue weighted by Crippen LogP contribution is -2.10. The average Bonchev–Trinajstić information content (AvgIpc) is 2.87. The highest BCUT2D eigenvalue weighted by Gasteiger charge is 2.25. The molecule has 0 fully saturated rings. The van der Waals surface area contributed by atoms with Crippen molar-refractivity contribution < 1.29 is 9.53 Å². The van der Waals surface area contributed by atoms with Crippen molar-refractivity contribution in [1.29, 1.82) is 0 Å². The Labute approximate surface area is 122 Å². The molecule has 1 aliphatic heterocycles. The number of rotatable bonds is 3. The van der Waals surface area contributed by atoms with Crippen molar-refractivity contribution in [3.05, 3.63) is 65.7 Å². The molecule has 21 heavy (non-hydrogen) atoms. The fourth-order valence-electron chi connectivity index (χ4n) is 1.91. The zero-order chi connectivity index (χ0) is 14.7. The van der Waals surface area contributed by atoms with Gasteiger partial charge in [-0.05, 0) is 36.8 Å². The normalized spacial score (nSPS) is 15.8. The Balaban J connectivity index is 1.80. The number of nitrogens with one attached hydrogen (secondary N) is 1. The van der Waals surface area contributed by atoms with Crippen LogP contribution in [0.1, 0.15) is 11.1 Å². The number of hydrogen-bond donors (Lipinski definition) is 1. The summed E-state index contributed by atoms with van der Waals surface area (Å²) in [6, 6.07) is 16.9. The predicted molar refractivity (Wildman–Crippen MR) is 81.3 cm³/mol. The number of cyclic esters (lactones) is 1. The van der Waals surface area contributed by atoms with Crippen LogP contribution in [0.5, 0.6) is 0 Å². The zero-order valence-corrected chi connectivity index (χ0v) is 11.4. The summed E-state index contributed by atoms with van der Waals surface area (Å²) < 4.78 is 5.11. The van der Waals surface area contributed by atoms with Gasteiger partial charge in [-0.25, -0.2) is 4.79 Å². The van der Waals surface area contributed by atoms with Gasteiger partial charge < -0.3 is 4.74 Å². The molecule has 104 valence electrons. The van der Waals surface area contributed by atoms with Crippen molar-refractivity contribution in [3.63, 3.8) is 0 Å². The molecule has 5 nitrogen and oxygen atoms in total. The fraction of sp³-hybridized carbons (Fsp3) is 0.0625. The van der Waals surface area contributed by atoms with E-state index in [9.17, 15) is 4.79 Å². The average molecular weight is 279 g/mol. The van der Waals surface area contributed by atoms with Gasteiger partial charge in [-0.3, -0.25) is 5.43 Å². The van der Waals surface area contributed by atoms with Crippen LogP contribution in [0, 0.1) is 6.92 Å². The number of aliphatic imine (C=N–C) groups is 1. The van der Waals surface area contributed by atoms with Crippen molar-refractivity contribution >= 4 is 23.4 Å². The number of ether oxygens (including phenoxy) is 1. The summed E-state index contributed by atoms with van der Waals surface area (Å²) in [6.07, 6.45) is 0. The number of carbonyl (C=O) groups is 1. The van der Waals surface area contributed by atoms with Crippen LogP contribution in [-0.4, -0.2) is 17.7 Å². The van der Waals surface area contributed by atoms with E-state index in [-0.39, 0.29) is 11.7 Å². The van der Waals surface area contributed by atoms with E-state index in [4.69, 9.17) is 4.74 Å². The first-order valence-corrected chi connectivity index (χ1v) is 6.49. The minimum absolute atomic E-state index is 0.00959. The van der Waals surface area contributed by atoms with Gasteiger partial charge in [0.2, 0.25) is 5.90 Å². The molecule has 0 aromatic heterocycles. The number of benzene rings is 2. The Morgan fingerprint density at radius 2 is 1.90 bits per heavy atom. The molecule has 0 saturated heterocycles. The molecule has 0 spiro atoms. The summed E-state index contributed by atoms with van der Waals surface area (Å²) in [7, 11) is 0. The van der Waals surface area contributed by atoms with Crippen molar-refractivity contribution in [2.45, 2.75) is 6.92 Å². The summed E-state index contributed by atoms with van der Waals surface area (Å²) in [5.41, 5.74) is 5.44. The lowest BCUT2D eigenvalue weighted by atomic mass is 10.2. The van der Waals surface area contributed by atoms with Crippen LogP contribution >= 0.6 is 0 Å². The monoisotopic (exact) mass is 279 g/mol. The van der Waals surface area contributed by atoms with Crippen LogP contribution in [0.15, 0.2) is 64.7 Å². The minimum atomic E-state index is -0.561. The maximum Gasteiger partial charge on any atom is 0.385 e. The molecule has 0 atom stereocenters. The second kappa shape index (κ2) is 5.58. The minimum Gasteiger partial charge on any atom is -0.401 e. The largest absolute Gasteiger partial charge is 0.401 e. The van der Waals surface area contributed by atoms with Gasteiger partial charge in [0.05, 0.1) is 5.69 Å². The van der Waals surface area contributed by atoms with E-state index in [1.807, 2.05) is 61.5 Å². The van der Waals surface area contributed by atoms with Crippen LogP contribution in [0.2, 0.25) is 0 Å².